The maximum absolute atomic E-state index is 13.0. The number of nitrogens with zero attached hydrogens (tertiary/aromatic N) is 1. The number of hydrogen-bond acceptors (Lipinski definition) is 4. The molecule has 2 N–H and O–H groups in total. The monoisotopic (exact) mass is 483 g/mol. The van der Waals surface area contributed by atoms with E-state index in [1.807, 2.05) is 18.2 Å². The summed E-state index contributed by atoms with van der Waals surface area (Å²) in [6.45, 7) is 4.69. The second-order valence-electron chi connectivity index (χ2n) is 8.20. The summed E-state index contributed by atoms with van der Waals surface area (Å²) in [6, 6.07) is 19.0. The number of anilines is 2. The van der Waals surface area contributed by atoms with Gasteiger partial charge < -0.3 is 5.32 Å². The van der Waals surface area contributed by atoms with E-state index in [-0.39, 0.29) is 10.8 Å². The number of carbonyl (C=O) groups excluding carboxylic acids is 1. The van der Waals surface area contributed by atoms with Crippen LogP contribution in [0.2, 0.25) is 5.02 Å². The van der Waals surface area contributed by atoms with Gasteiger partial charge in [-0.15, -0.1) is 0 Å². The van der Waals surface area contributed by atoms with Crippen LogP contribution in [-0.4, -0.2) is 32.3 Å². The van der Waals surface area contributed by atoms with Gasteiger partial charge in [0.25, 0.3) is 15.9 Å². The number of rotatable bonds is 7. The number of hydrogen-bond donors (Lipinski definition) is 2. The summed E-state index contributed by atoms with van der Waals surface area (Å²) >= 11 is 6.10. The Labute approximate surface area is 199 Å². The highest BCUT2D eigenvalue weighted by Crippen LogP contribution is 2.27. The van der Waals surface area contributed by atoms with Crippen LogP contribution in [0.25, 0.3) is 0 Å². The summed E-state index contributed by atoms with van der Waals surface area (Å²) in [5.74, 6) is -0.287. The summed E-state index contributed by atoms with van der Waals surface area (Å²) in [6.07, 6.45) is 2.42. The van der Waals surface area contributed by atoms with Crippen molar-refractivity contribution >= 4 is 38.9 Å². The Morgan fingerprint density at radius 1 is 1.00 bits per heavy atom. The van der Waals surface area contributed by atoms with Gasteiger partial charge in [0.05, 0.1) is 15.6 Å². The maximum Gasteiger partial charge on any atom is 0.262 e. The molecule has 0 spiro atoms. The van der Waals surface area contributed by atoms with Crippen LogP contribution in [0.5, 0.6) is 0 Å². The number of para-hydroxylation sites is 1. The summed E-state index contributed by atoms with van der Waals surface area (Å²) in [5, 5.41) is 3.13. The van der Waals surface area contributed by atoms with Crippen LogP contribution in [0.3, 0.4) is 0 Å². The molecule has 172 valence electrons. The highest BCUT2D eigenvalue weighted by Gasteiger charge is 2.20. The zero-order chi connectivity index (χ0) is 23.4. The molecule has 1 aliphatic heterocycles. The van der Waals surface area contributed by atoms with Crippen molar-refractivity contribution in [3.8, 4) is 0 Å². The molecule has 0 unspecified atom stereocenters. The van der Waals surface area contributed by atoms with Crippen LogP contribution in [0.15, 0.2) is 71.6 Å². The van der Waals surface area contributed by atoms with Crippen LogP contribution < -0.4 is 10.0 Å². The molecule has 8 heteroatoms. The standard InChI is InChI=1S/C25H26ClN3O3S/c1-18-11-12-21(16-24(18)33(31,32)28-23-10-3-2-9-22(23)26)27-25(30)20-8-6-7-19(15-20)17-29-13-4-5-14-29/h2-3,6-12,15-16,28H,4-5,13-14,17H2,1H3,(H,27,30). The lowest BCUT2D eigenvalue weighted by Crippen LogP contribution is -2.19. The molecule has 0 radical (unpaired) electrons. The van der Waals surface area contributed by atoms with E-state index in [0.717, 1.165) is 25.2 Å². The second kappa shape index (κ2) is 9.95. The Hall–Kier alpha value is -2.87. The smallest absolute Gasteiger partial charge is 0.262 e. The van der Waals surface area contributed by atoms with E-state index in [1.54, 1.807) is 49.4 Å². The average Bonchev–Trinajstić information content (AvgIpc) is 3.29. The lowest BCUT2D eigenvalue weighted by molar-refractivity contribution is 0.102. The van der Waals surface area contributed by atoms with Gasteiger partial charge in [0.15, 0.2) is 0 Å². The van der Waals surface area contributed by atoms with Gasteiger partial charge in [0.2, 0.25) is 0 Å². The van der Waals surface area contributed by atoms with E-state index in [2.05, 4.69) is 14.9 Å². The topological polar surface area (TPSA) is 78.5 Å². The molecule has 0 aliphatic carbocycles. The van der Waals surface area contributed by atoms with E-state index in [1.165, 1.54) is 18.9 Å². The van der Waals surface area contributed by atoms with Crippen molar-refractivity contribution in [3.05, 3.63) is 88.4 Å². The molecule has 3 aromatic rings. The Kier molecular flexibility index (Phi) is 7.02. The van der Waals surface area contributed by atoms with Gasteiger partial charge in [-0.3, -0.25) is 14.4 Å². The maximum atomic E-state index is 13.0. The van der Waals surface area contributed by atoms with Crippen LogP contribution >= 0.6 is 11.6 Å². The van der Waals surface area contributed by atoms with Gasteiger partial charge in [-0.25, -0.2) is 8.42 Å². The van der Waals surface area contributed by atoms with Crippen molar-refractivity contribution in [2.45, 2.75) is 31.2 Å². The van der Waals surface area contributed by atoms with Crippen LogP contribution in [-0.2, 0) is 16.6 Å². The molecule has 3 aromatic carbocycles. The average molecular weight is 484 g/mol. The normalized spacial score (nSPS) is 14.2. The van der Waals surface area contributed by atoms with E-state index in [4.69, 9.17) is 11.6 Å². The fourth-order valence-corrected chi connectivity index (χ4v) is 5.51. The van der Waals surface area contributed by atoms with Crippen LogP contribution in [0, 0.1) is 6.92 Å². The number of carbonyl (C=O) groups is 1. The van der Waals surface area contributed by atoms with Gasteiger partial charge in [-0.1, -0.05) is 41.9 Å². The van der Waals surface area contributed by atoms with Crippen LogP contribution in [0.4, 0.5) is 11.4 Å². The predicted molar refractivity (Wildman–Crippen MR) is 132 cm³/mol. The predicted octanol–water partition coefficient (Wildman–Crippen LogP) is 5.30. The van der Waals surface area contributed by atoms with Crippen LogP contribution in [0.1, 0.15) is 34.3 Å². The van der Waals surface area contributed by atoms with Crippen molar-refractivity contribution < 1.29 is 13.2 Å². The molecule has 6 nitrogen and oxygen atoms in total. The first-order chi connectivity index (χ1) is 15.8. The second-order valence-corrected chi connectivity index (χ2v) is 10.3. The first kappa shape index (κ1) is 23.3. The molecule has 0 bridgehead atoms. The Morgan fingerprint density at radius 2 is 1.76 bits per heavy atom. The van der Waals surface area contributed by atoms with E-state index in [9.17, 15) is 13.2 Å². The Balaban J connectivity index is 1.52. The Morgan fingerprint density at radius 3 is 2.52 bits per heavy atom. The van der Waals surface area contributed by atoms with Gasteiger partial charge in [-0.05, 0) is 80.4 Å². The zero-order valence-electron chi connectivity index (χ0n) is 18.3. The fraction of sp³-hybridized carbons (Fsp3) is 0.240. The van der Waals surface area contributed by atoms with Gasteiger partial charge in [0, 0.05) is 17.8 Å². The molecule has 1 saturated heterocycles. The van der Waals surface area contributed by atoms with E-state index < -0.39 is 10.0 Å². The summed E-state index contributed by atoms with van der Waals surface area (Å²) in [5.41, 5.74) is 2.87. The minimum Gasteiger partial charge on any atom is -0.322 e. The molecule has 1 heterocycles. The van der Waals surface area contributed by atoms with Crippen molar-refractivity contribution in [2.75, 3.05) is 23.1 Å². The van der Waals surface area contributed by atoms with E-state index in [0.29, 0.717) is 27.5 Å². The summed E-state index contributed by atoms with van der Waals surface area (Å²) in [7, 11) is -3.90. The third-order valence-electron chi connectivity index (χ3n) is 5.65. The molecule has 1 aliphatic rings. The zero-order valence-corrected chi connectivity index (χ0v) is 19.9. The minimum absolute atomic E-state index is 0.0722. The number of aryl methyl sites for hydroxylation is 1. The van der Waals surface area contributed by atoms with Crippen molar-refractivity contribution in [1.82, 2.24) is 4.90 Å². The van der Waals surface area contributed by atoms with Crippen molar-refractivity contribution in [2.24, 2.45) is 0 Å². The lowest BCUT2D eigenvalue weighted by atomic mass is 10.1. The number of nitrogens with one attached hydrogen (secondary N) is 2. The molecular weight excluding hydrogens is 458 g/mol. The number of amides is 1. The largest absolute Gasteiger partial charge is 0.322 e. The molecule has 4 rings (SSSR count). The number of sulfonamides is 1. The number of benzene rings is 3. The first-order valence-corrected chi connectivity index (χ1v) is 12.7. The fourth-order valence-electron chi connectivity index (χ4n) is 3.92. The molecule has 0 saturated carbocycles. The minimum atomic E-state index is -3.90. The van der Waals surface area contributed by atoms with Gasteiger partial charge >= 0.3 is 0 Å². The Bertz CT molecular complexity index is 1270. The first-order valence-electron chi connectivity index (χ1n) is 10.8. The summed E-state index contributed by atoms with van der Waals surface area (Å²) in [4.78, 5) is 15.3. The molecular formula is C25H26ClN3O3S. The molecule has 0 atom stereocenters. The quantitative estimate of drug-likeness (QED) is 0.478. The molecule has 0 aromatic heterocycles. The third kappa shape index (κ3) is 5.74. The van der Waals surface area contributed by atoms with Gasteiger partial charge in [-0.2, -0.15) is 0 Å². The van der Waals surface area contributed by atoms with Crippen molar-refractivity contribution in [1.29, 1.82) is 0 Å². The molecule has 1 amide bonds. The SMILES string of the molecule is Cc1ccc(NC(=O)c2cccc(CN3CCCC3)c2)cc1S(=O)(=O)Nc1ccccc1Cl. The molecule has 33 heavy (non-hydrogen) atoms. The van der Waals surface area contributed by atoms with Crippen molar-refractivity contribution in [3.63, 3.8) is 0 Å². The number of likely N-dealkylation sites (tertiary alicyclic amines) is 1. The third-order valence-corrected chi connectivity index (χ3v) is 7.48. The highest BCUT2D eigenvalue weighted by molar-refractivity contribution is 7.92. The van der Waals surface area contributed by atoms with Gasteiger partial charge in [0.1, 0.15) is 0 Å². The summed E-state index contributed by atoms with van der Waals surface area (Å²) < 4.78 is 28.5. The van der Waals surface area contributed by atoms with E-state index >= 15 is 0 Å². The highest BCUT2D eigenvalue weighted by atomic mass is 35.5. The lowest BCUT2D eigenvalue weighted by Gasteiger charge is -2.15. The molecule has 1 fully saturated rings. The number of halogens is 1.